The Balaban J connectivity index is 1.54. The van der Waals surface area contributed by atoms with Gasteiger partial charge in [-0.2, -0.15) is 0 Å². The summed E-state index contributed by atoms with van der Waals surface area (Å²) in [5.41, 5.74) is 1.95. The van der Waals surface area contributed by atoms with Crippen LogP contribution in [0.4, 0.5) is 21.9 Å². The monoisotopic (exact) mass is 423 g/mol. The lowest BCUT2D eigenvalue weighted by atomic mass is 10.1. The van der Waals surface area contributed by atoms with Crippen LogP contribution in [0.5, 0.6) is 5.75 Å². The zero-order valence-electron chi connectivity index (χ0n) is 16.4. The highest BCUT2D eigenvalue weighted by molar-refractivity contribution is 7.21. The van der Waals surface area contributed by atoms with Gasteiger partial charge in [0.15, 0.2) is 0 Å². The SMILES string of the molecule is COc1ccc(N2C(=O)Nc3c(C(=O)N[C@@H]4CCCNC4)sc4nccc2c34)cc1. The van der Waals surface area contributed by atoms with Crippen molar-refractivity contribution in [3.05, 3.63) is 41.4 Å². The van der Waals surface area contributed by atoms with E-state index in [1.54, 1.807) is 36.4 Å². The van der Waals surface area contributed by atoms with Gasteiger partial charge in [-0.15, -0.1) is 11.3 Å². The minimum absolute atomic E-state index is 0.0891. The first kappa shape index (κ1) is 18.8. The van der Waals surface area contributed by atoms with Crippen LogP contribution in [0, 0.1) is 0 Å². The number of nitrogens with one attached hydrogen (secondary N) is 3. The molecule has 1 saturated heterocycles. The summed E-state index contributed by atoms with van der Waals surface area (Å²) in [5, 5.41) is 10.1. The van der Waals surface area contributed by atoms with Gasteiger partial charge in [0.25, 0.3) is 5.91 Å². The van der Waals surface area contributed by atoms with Crippen molar-refractivity contribution in [3.63, 3.8) is 0 Å². The number of carbonyl (C=O) groups is 2. The Bertz CT molecular complexity index is 1120. The van der Waals surface area contributed by atoms with E-state index in [0.717, 1.165) is 31.3 Å². The van der Waals surface area contributed by atoms with Crippen LogP contribution in [-0.4, -0.2) is 43.2 Å². The molecule has 154 valence electrons. The molecule has 4 heterocycles. The number of hydrogen-bond donors (Lipinski definition) is 3. The largest absolute Gasteiger partial charge is 0.497 e. The second kappa shape index (κ2) is 7.58. The highest BCUT2D eigenvalue weighted by atomic mass is 32.1. The maximum Gasteiger partial charge on any atom is 0.331 e. The molecular formula is C21H21N5O3S. The zero-order chi connectivity index (χ0) is 20.7. The lowest BCUT2D eigenvalue weighted by molar-refractivity contribution is 0.0935. The van der Waals surface area contributed by atoms with Crippen molar-refractivity contribution < 1.29 is 14.3 Å². The Kier molecular flexibility index (Phi) is 4.76. The number of benzene rings is 1. The number of urea groups is 1. The number of piperidine rings is 1. The molecule has 0 saturated carbocycles. The van der Waals surface area contributed by atoms with Crippen molar-refractivity contribution in [1.82, 2.24) is 15.6 Å². The van der Waals surface area contributed by atoms with Gasteiger partial charge in [-0.1, -0.05) is 0 Å². The number of pyridine rings is 1. The molecule has 0 spiro atoms. The normalized spacial score (nSPS) is 18.2. The Morgan fingerprint density at radius 3 is 2.87 bits per heavy atom. The van der Waals surface area contributed by atoms with E-state index < -0.39 is 0 Å². The van der Waals surface area contributed by atoms with Gasteiger partial charge in [0.05, 0.1) is 29.6 Å². The van der Waals surface area contributed by atoms with E-state index in [-0.39, 0.29) is 18.0 Å². The molecule has 1 aromatic carbocycles. The Hall–Kier alpha value is -3.17. The van der Waals surface area contributed by atoms with Crippen LogP contribution >= 0.6 is 11.3 Å². The molecule has 0 bridgehead atoms. The van der Waals surface area contributed by atoms with Crippen LogP contribution < -0.4 is 25.6 Å². The summed E-state index contributed by atoms with van der Waals surface area (Å²) in [6.45, 7) is 1.73. The zero-order valence-corrected chi connectivity index (χ0v) is 17.2. The first-order valence-corrected chi connectivity index (χ1v) is 10.7. The fourth-order valence-corrected chi connectivity index (χ4v) is 4.98. The number of hydrogen-bond acceptors (Lipinski definition) is 6. The van der Waals surface area contributed by atoms with Crippen molar-refractivity contribution in [2.24, 2.45) is 0 Å². The molecule has 1 atom stereocenters. The lowest BCUT2D eigenvalue weighted by Gasteiger charge is -2.28. The average molecular weight is 423 g/mol. The van der Waals surface area contributed by atoms with Gasteiger partial charge in [0, 0.05) is 18.8 Å². The van der Waals surface area contributed by atoms with Crippen LogP contribution in [0.2, 0.25) is 0 Å². The van der Waals surface area contributed by atoms with Crippen LogP contribution in [0.3, 0.4) is 0 Å². The summed E-state index contributed by atoms with van der Waals surface area (Å²) in [6, 6.07) is 8.84. The number of amides is 3. The van der Waals surface area contributed by atoms with Crippen LogP contribution in [-0.2, 0) is 0 Å². The summed E-state index contributed by atoms with van der Waals surface area (Å²) in [7, 11) is 1.60. The summed E-state index contributed by atoms with van der Waals surface area (Å²) >= 11 is 1.30. The molecule has 0 aliphatic carbocycles. The molecule has 1 fully saturated rings. The molecule has 3 aromatic rings. The van der Waals surface area contributed by atoms with Gasteiger partial charge in [-0.25, -0.2) is 9.78 Å². The third-order valence-electron chi connectivity index (χ3n) is 5.41. The maximum atomic E-state index is 13.0. The summed E-state index contributed by atoms with van der Waals surface area (Å²) in [6.07, 6.45) is 3.64. The summed E-state index contributed by atoms with van der Waals surface area (Å²) in [4.78, 5) is 33.3. The van der Waals surface area contributed by atoms with E-state index in [4.69, 9.17) is 4.74 Å². The minimum Gasteiger partial charge on any atom is -0.497 e. The predicted octanol–water partition coefficient (Wildman–Crippen LogP) is 3.47. The van der Waals surface area contributed by atoms with Gasteiger partial charge in [0.1, 0.15) is 15.5 Å². The third kappa shape index (κ3) is 3.16. The standard InChI is InChI=1S/C21H21N5O3S/c1-29-14-6-4-13(5-7-14)26-15-8-10-23-20-16(15)17(25-21(26)28)18(30-20)19(27)24-12-3-2-9-22-11-12/h4-8,10,12,22H,2-3,9,11H2,1H3,(H,24,27)(H,25,28)/t12-/m1/s1. The molecular weight excluding hydrogens is 402 g/mol. The summed E-state index contributed by atoms with van der Waals surface area (Å²) in [5.74, 6) is 0.536. The fraction of sp³-hybridized carbons (Fsp3) is 0.286. The molecule has 9 heteroatoms. The lowest BCUT2D eigenvalue weighted by Crippen LogP contribution is -2.45. The topological polar surface area (TPSA) is 95.6 Å². The van der Waals surface area contributed by atoms with Crippen molar-refractivity contribution >= 4 is 50.6 Å². The minimum atomic E-state index is -0.313. The number of ether oxygens (including phenoxy) is 1. The van der Waals surface area contributed by atoms with E-state index in [1.807, 2.05) is 12.1 Å². The smallest absolute Gasteiger partial charge is 0.331 e. The molecule has 3 N–H and O–H groups in total. The third-order valence-corrected chi connectivity index (χ3v) is 6.51. The molecule has 5 rings (SSSR count). The van der Waals surface area contributed by atoms with Crippen molar-refractivity contribution in [2.75, 3.05) is 30.4 Å². The molecule has 0 unspecified atom stereocenters. The molecule has 0 radical (unpaired) electrons. The first-order chi connectivity index (χ1) is 14.7. The van der Waals surface area contributed by atoms with Crippen molar-refractivity contribution in [1.29, 1.82) is 0 Å². The Morgan fingerprint density at radius 1 is 1.30 bits per heavy atom. The number of rotatable bonds is 4. The highest BCUT2D eigenvalue weighted by Gasteiger charge is 2.33. The van der Waals surface area contributed by atoms with E-state index >= 15 is 0 Å². The number of nitrogens with zero attached hydrogens (tertiary/aromatic N) is 2. The van der Waals surface area contributed by atoms with Crippen molar-refractivity contribution in [2.45, 2.75) is 18.9 Å². The van der Waals surface area contributed by atoms with E-state index in [9.17, 15) is 9.59 Å². The van der Waals surface area contributed by atoms with Gasteiger partial charge in [-0.05, 0) is 49.7 Å². The van der Waals surface area contributed by atoms with Gasteiger partial charge >= 0.3 is 6.03 Å². The Morgan fingerprint density at radius 2 is 2.13 bits per heavy atom. The van der Waals surface area contributed by atoms with Crippen molar-refractivity contribution in [3.8, 4) is 5.75 Å². The molecule has 3 amide bonds. The maximum absolute atomic E-state index is 13.0. The molecule has 8 nitrogen and oxygen atoms in total. The highest BCUT2D eigenvalue weighted by Crippen LogP contribution is 2.45. The summed E-state index contributed by atoms with van der Waals surface area (Å²) < 4.78 is 5.21. The van der Waals surface area contributed by atoms with Gasteiger partial charge < -0.3 is 20.7 Å². The van der Waals surface area contributed by atoms with Crippen LogP contribution in [0.25, 0.3) is 10.2 Å². The number of thiophene rings is 1. The van der Waals surface area contributed by atoms with E-state index in [0.29, 0.717) is 32.5 Å². The quantitative estimate of drug-likeness (QED) is 0.597. The van der Waals surface area contributed by atoms with Crippen LogP contribution in [0.15, 0.2) is 36.5 Å². The predicted molar refractivity (Wildman–Crippen MR) is 117 cm³/mol. The molecule has 2 aliphatic heterocycles. The van der Waals surface area contributed by atoms with Crippen LogP contribution in [0.1, 0.15) is 22.5 Å². The molecule has 30 heavy (non-hydrogen) atoms. The number of methoxy groups -OCH3 is 1. The molecule has 2 aliphatic rings. The number of aromatic nitrogens is 1. The number of anilines is 3. The van der Waals surface area contributed by atoms with E-state index in [2.05, 4.69) is 20.9 Å². The number of carbonyl (C=O) groups excluding carboxylic acids is 2. The second-order valence-corrected chi connectivity index (χ2v) is 8.30. The van der Waals surface area contributed by atoms with E-state index in [1.165, 1.54) is 11.3 Å². The van der Waals surface area contributed by atoms with Gasteiger partial charge in [-0.3, -0.25) is 9.69 Å². The average Bonchev–Trinajstić information content (AvgIpc) is 3.14. The van der Waals surface area contributed by atoms with Gasteiger partial charge in [0.2, 0.25) is 0 Å². The second-order valence-electron chi connectivity index (χ2n) is 7.30. The fourth-order valence-electron chi connectivity index (χ4n) is 3.96. The molecule has 2 aromatic heterocycles. The Labute approximate surface area is 177 Å². The first-order valence-electron chi connectivity index (χ1n) is 9.84.